The third kappa shape index (κ3) is 14.1. The topological polar surface area (TPSA) is 120 Å². The Morgan fingerprint density at radius 1 is 1.03 bits per heavy atom. The second-order valence-corrected chi connectivity index (χ2v) is 6.83. The average Bonchev–Trinajstić information content (AvgIpc) is 2.73. The lowest BCUT2D eigenvalue weighted by Crippen LogP contribution is -2.39. The van der Waals surface area contributed by atoms with E-state index in [9.17, 15) is 9.59 Å². The van der Waals surface area contributed by atoms with Crippen molar-refractivity contribution in [3.05, 3.63) is 59.2 Å². The van der Waals surface area contributed by atoms with Crippen LogP contribution in [0.15, 0.2) is 48.1 Å². The third-order valence-corrected chi connectivity index (χ3v) is 3.72. The van der Waals surface area contributed by atoms with Crippen LogP contribution in [0, 0.1) is 5.41 Å². The van der Waals surface area contributed by atoms with Crippen molar-refractivity contribution in [2.75, 3.05) is 20.1 Å². The number of nitrogens with two attached hydrogens (primary N) is 1. The Morgan fingerprint density at radius 3 is 2.07 bits per heavy atom. The summed E-state index contributed by atoms with van der Waals surface area (Å²) in [6.07, 6.45) is 10.4. The van der Waals surface area contributed by atoms with E-state index in [1.165, 1.54) is 24.8 Å². The SMILES string of the molecule is CC1=CCCC=C1.CCC.CNCC(=O)NCC(=O)NCc1ccc(C(=N)N)cc1. The first-order valence-electron chi connectivity index (χ1n) is 10.3. The van der Waals surface area contributed by atoms with Gasteiger partial charge in [-0.25, -0.2) is 0 Å². The molecule has 2 rings (SSSR count). The van der Waals surface area contributed by atoms with E-state index in [2.05, 4.69) is 54.9 Å². The van der Waals surface area contributed by atoms with Crippen LogP contribution in [0.25, 0.3) is 0 Å². The molecule has 166 valence electrons. The molecule has 1 aromatic rings. The number of nitrogen functional groups attached to an aromatic ring is 1. The van der Waals surface area contributed by atoms with E-state index in [0.29, 0.717) is 12.1 Å². The van der Waals surface area contributed by atoms with E-state index in [-0.39, 0.29) is 30.7 Å². The van der Waals surface area contributed by atoms with Gasteiger partial charge >= 0.3 is 0 Å². The lowest BCUT2D eigenvalue weighted by molar-refractivity contribution is -0.125. The van der Waals surface area contributed by atoms with Crippen LogP contribution in [0.5, 0.6) is 0 Å². The standard InChI is InChI=1S/C13H19N5O2.C7H10.C3H8/c1-16-7-11(19)18-8-12(20)17-6-9-2-4-10(5-3-9)13(14)15;1-7-5-3-2-4-6-7;1-3-2/h2-5,16H,6-8H2,1H3,(H3,14,15)(H,17,20)(H,18,19);3,5-6H,2,4H2,1H3;3H2,1-2H3. The van der Waals surface area contributed by atoms with Gasteiger partial charge in [0.15, 0.2) is 0 Å². The van der Waals surface area contributed by atoms with Gasteiger partial charge in [0, 0.05) is 12.1 Å². The highest BCUT2D eigenvalue weighted by molar-refractivity contribution is 5.94. The Hall–Kier alpha value is -2.93. The fourth-order valence-electron chi connectivity index (χ4n) is 2.21. The van der Waals surface area contributed by atoms with Gasteiger partial charge in [-0.3, -0.25) is 15.0 Å². The maximum Gasteiger partial charge on any atom is 0.239 e. The number of carbonyl (C=O) groups is 2. The molecule has 0 radical (unpaired) electrons. The van der Waals surface area contributed by atoms with Gasteiger partial charge in [0.1, 0.15) is 5.84 Å². The normalized spacial score (nSPS) is 11.7. The first kappa shape index (κ1) is 27.1. The minimum Gasteiger partial charge on any atom is -0.384 e. The first-order valence-corrected chi connectivity index (χ1v) is 10.3. The van der Waals surface area contributed by atoms with Gasteiger partial charge in [0.05, 0.1) is 13.1 Å². The minimum absolute atomic E-state index is 0.00725. The Labute approximate surface area is 180 Å². The van der Waals surface area contributed by atoms with Crippen molar-refractivity contribution < 1.29 is 9.59 Å². The number of benzene rings is 1. The lowest BCUT2D eigenvalue weighted by Gasteiger charge is -2.07. The predicted molar refractivity (Wildman–Crippen MR) is 124 cm³/mol. The van der Waals surface area contributed by atoms with Crippen molar-refractivity contribution in [1.29, 1.82) is 5.41 Å². The van der Waals surface area contributed by atoms with E-state index in [1.54, 1.807) is 31.3 Å². The molecule has 0 bridgehead atoms. The highest BCUT2D eigenvalue weighted by atomic mass is 16.2. The van der Waals surface area contributed by atoms with Gasteiger partial charge in [0.25, 0.3) is 0 Å². The van der Waals surface area contributed by atoms with Gasteiger partial charge in [-0.1, -0.05) is 68.3 Å². The molecule has 1 aliphatic rings. The van der Waals surface area contributed by atoms with Crippen LogP contribution in [-0.4, -0.2) is 37.8 Å². The number of nitrogens with one attached hydrogen (secondary N) is 4. The first-order chi connectivity index (χ1) is 14.3. The van der Waals surface area contributed by atoms with Crippen molar-refractivity contribution >= 4 is 17.6 Å². The molecule has 0 aromatic heterocycles. The van der Waals surface area contributed by atoms with Crippen LogP contribution in [0.3, 0.4) is 0 Å². The second-order valence-electron chi connectivity index (χ2n) is 6.83. The Morgan fingerprint density at radius 2 is 1.63 bits per heavy atom. The van der Waals surface area contributed by atoms with Crippen LogP contribution in [0.2, 0.25) is 0 Å². The maximum atomic E-state index is 11.5. The fourth-order valence-corrected chi connectivity index (χ4v) is 2.21. The monoisotopic (exact) mass is 415 g/mol. The van der Waals surface area contributed by atoms with Crippen molar-refractivity contribution in [2.24, 2.45) is 5.73 Å². The number of amides is 2. The molecular weight excluding hydrogens is 378 g/mol. The average molecular weight is 416 g/mol. The molecule has 30 heavy (non-hydrogen) atoms. The van der Waals surface area contributed by atoms with Gasteiger partial charge < -0.3 is 21.7 Å². The fraction of sp³-hybridized carbons (Fsp3) is 0.435. The summed E-state index contributed by atoms with van der Waals surface area (Å²) in [5, 5.41) is 15.1. The molecule has 1 aliphatic carbocycles. The summed E-state index contributed by atoms with van der Waals surface area (Å²) in [6.45, 7) is 6.88. The molecule has 2 amide bonds. The summed E-state index contributed by atoms with van der Waals surface area (Å²) in [5.41, 5.74) is 8.29. The number of carbonyl (C=O) groups excluding carboxylic acids is 2. The minimum atomic E-state index is -0.259. The Bertz CT molecular complexity index is 709. The zero-order valence-electron chi connectivity index (χ0n) is 18.7. The Kier molecular flexibility index (Phi) is 15.3. The summed E-state index contributed by atoms with van der Waals surface area (Å²) in [6, 6.07) is 7.02. The molecule has 0 fully saturated rings. The number of rotatable bonds is 7. The van der Waals surface area contributed by atoms with E-state index in [1.807, 2.05) is 0 Å². The molecule has 0 spiro atoms. The molecule has 0 heterocycles. The van der Waals surface area contributed by atoms with E-state index >= 15 is 0 Å². The quantitative estimate of drug-likeness (QED) is 0.347. The van der Waals surface area contributed by atoms with Gasteiger partial charge in [-0.2, -0.15) is 0 Å². The van der Waals surface area contributed by atoms with Crippen LogP contribution in [-0.2, 0) is 16.1 Å². The van der Waals surface area contributed by atoms with E-state index in [0.717, 1.165) is 5.56 Å². The van der Waals surface area contributed by atoms with Crippen molar-refractivity contribution in [3.8, 4) is 0 Å². The zero-order chi connectivity index (χ0) is 22.8. The highest BCUT2D eigenvalue weighted by Gasteiger charge is 2.04. The predicted octanol–water partition coefficient (Wildman–Crippen LogP) is 2.62. The molecule has 0 saturated heterocycles. The largest absolute Gasteiger partial charge is 0.384 e. The number of allylic oxidation sites excluding steroid dienone is 4. The number of hydrogen-bond acceptors (Lipinski definition) is 4. The molecule has 0 saturated carbocycles. The van der Waals surface area contributed by atoms with Crippen molar-refractivity contribution in [1.82, 2.24) is 16.0 Å². The van der Waals surface area contributed by atoms with E-state index < -0.39 is 0 Å². The summed E-state index contributed by atoms with van der Waals surface area (Å²) in [5.74, 6) is -0.480. The maximum absolute atomic E-state index is 11.5. The highest BCUT2D eigenvalue weighted by Crippen LogP contribution is 2.07. The summed E-state index contributed by atoms with van der Waals surface area (Å²) in [4.78, 5) is 22.6. The number of hydrogen-bond donors (Lipinski definition) is 5. The molecular formula is C23H37N5O2. The second kappa shape index (κ2) is 17.0. The molecule has 7 nitrogen and oxygen atoms in total. The summed E-state index contributed by atoms with van der Waals surface area (Å²) < 4.78 is 0. The van der Waals surface area contributed by atoms with Crippen molar-refractivity contribution in [3.63, 3.8) is 0 Å². The van der Waals surface area contributed by atoms with Gasteiger partial charge in [-0.05, 0) is 32.4 Å². The van der Waals surface area contributed by atoms with E-state index in [4.69, 9.17) is 11.1 Å². The van der Waals surface area contributed by atoms with Crippen LogP contribution >= 0.6 is 0 Å². The lowest BCUT2D eigenvalue weighted by atomic mass is 10.1. The van der Waals surface area contributed by atoms with Gasteiger partial charge in [0.2, 0.25) is 11.8 Å². The molecule has 1 aromatic carbocycles. The van der Waals surface area contributed by atoms with Crippen LogP contribution in [0.4, 0.5) is 0 Å². The third-order valence-electron chi connectivity index (χ3n) is 3.72. The van der Waals surface area contributed by atoms with Crippen molar-refractivity contribution in [2.45, 2.75) is 46.6 Å². The molecule has 0 unspecified atom stereocenters. The molecule has 6 N–H and O–H groups in total. The molecule has 7 heteroatoms. The summed E-state index contributed by atoms with van der Waals surface area (Å²) >= 11 is 0. The van der Waals surface area contributed by atoms with Crippen LogP contribution < -0.4 is 21.7 Å². The number of likely N-dealkylation sites (N-methyl/N-ethyl adjacent to an activating group) is 1. The Balaban J connectivity index is 0.000000690. The summed E-state index contributed by atoms with van der Waals surface area (Å²) in [7, 11) is 1.66. The molecule has 0 aliphatic heterocycles. The molecule has 0 atom stereocenters. The smallest absolute Gasteiger partial charge is 0.239 e. The zero-order valence-corrected chi connectivity index (χ0v) is 18.7. The van der Waals surface area contributed by atoms with Gasteiger partial charge in [-0.15, -0.1) is 0 Å². The van der Waals surface area contributed by atoms with Crippen LogP contribution in [0.1, 0.15) is 51.2 Å². The number of amidine groups is 1.